The molecule has 0 aromatic heterocycles. The maximum absolute atomic E-state index is 13.0. The zero-order chi connectivity index (χ0) is 23.8. The van der Waals surface area contributed by atoms with E-state index in [0.717, 1.165) is 5.56 Å². The van der Waals surface area contributed by atoms with Gasteiger partial charge in [0.05, 0.1) is 6.42 Å². The van der Waals surface area contributed by atoms with Crippen LogP contribution in [-0.4, -0.2) is 47.9 Å². The first kappa shape index (κ1) is 25.4. The van der Waals surface area contributed by atoms with Gasteiger partial charge in [-0.25, -0.2) is 4.79 Å². The number of carbonyl (C=O) groups is 4. The Balaban J connectivity index is 2.34. The Kier molecular flexibility index (Phi) is 9.23. The van der Waals surface area contributed by atoms with Crippen molar-refractivity contribution in [1.29, 1.82) is 0 Å². The predicted octanol–water partition coefficient (Wildman–Crippen LogP) is 1.72. The van der Waals surface area contributed by atoms with E-state index in [0.29, 0.717) is 6.42 Å². The summed E-state index contributed by atoms with van der Waals surface area (Å²) in [5.41, 5.74) is 0.873. The SMILES string of the molecule is CC[C@@H](C)[C@@H]1NC(=O)[C@H](C)NC(=O)[C@H](Cc2ccccc2)NC(=O)C[C@H](C(C)C)OC1=O. The van der Waals surface area contributed by atoms with Gasteiger partial charge in [-0.2, -0.15) is 0 Å². The van der Waals surface area contributed by atoms with E-state index in [1.807, 2.05) is 58.0 Å². The molecule has 1 aromatic carbocycles. The maximum atomic E-state index is 13.0. The van der Waals surface area contributed by atoms with Gasteiger partial charge in [-0.1, -0.05) is 64.4 Å². The quantitative estimate of drug-likeness (QED) is 0.597. The smallest absolute Gasteiger partial charge is 0.329 e. The topological polar surface area (TPSA) is 114 Å². The van der Waals surface area contributed by atoms with E-state index in [4.69, 9.17) is 4.74 Å². The van der Waals surface area contributed by atoms with Crippen LogP contribution in [0.4, 0.5) is 0 Å². The average Bonchev–Trinajstić information content (AvgIpc) is 2.75. The van der Waals surface area contributed by atoms with Crippen molar-refractivity contribution >= 4 is 23.7 Å². The number of hydrogen-bond acceptors (Lipinski definition) is 5. The summed E-state index contributed by atoms with van der Waals surface area (Å²) in [7, 11) is 0. The third-order valence-electron chi connectivity index (χ3n) is 5.85. The molecule has 1 heterocycles. The van der Waals surface area contributed by atoms with Gasteiger partial charge in [0.2, 0.25) is 17.7 Å². The van der Waals surface area contributed by atoms with Gasteiger partial charge in [-0.05, 0) is 24.3 Å². The highest BCUT2D eigenvalue weighted by molar-refractivity contribution is 5.94. The summed E-state index contributed by atoms with van der Waals surface area (Å²) in [5, 5.41) is 8.15. The number of benzene rings is 1. The van der Waals surface area contributed by atoms with Gasteiger partial charge in [0.1, 0.15) is 24.2 Å². The van der Waals surface area contributed by atoms with Crippen LogP contribution in [0.25, 0.3) is 0 Å². The van der Waals surface area contributed by atoms with Gasteiger partial charge < -0.3 is 20.7 Å². The third-order valence-corrected chi connectivity index (χ3v) is 5.85. The zero-order valence-corrected chi connectivity index (χ0v) is 19.5. The van der Waals surface area contributed by atoms with Crippen molar-refractivity contribution in [3.8, 4) is 0 Å². The van der Waals surface area contributed by atoms with Crippen LogP contribution in [0.1, 0.15) is 53.0 Å². The van der Waals surface area contributed by atoms with Crippen molar-refractivity contribution in [3.05, 3.63) is 35.9 Å². The summed E-state index contributed by atoms with van der Waals surface area (Å²) >= 11 is 0. The van der Waals surface area contributed by atoms with Gasteiger partial charge in [0.15, 0.2) is 0 Å². The van der Waals surface area contributed by atoms with Crippen molar-refractivity contribution in [1.82, 2.24) is 16.0 Å². The molecule has 8 heteroatoms. The van der Waals surface area contributed by atoms with Crippen molar-refractivity contribution in [2.75, 3.05) is 0 Å². The predicted molar refractivity (Wildman–Crippen MR) is 120 cm³/mol. The first-order valence-electron chi connectivity index (χ1n) is 11.3. The second-order valence-electron chi connectivity index (χ2n) is 8.84. The lowest BCUT2D eigenvalue weighted by Crippen LogP contribution is -2.55. The van der Waals surface area contributed by atoms with Crippen LogP contribution >= 0.6 is 0 Å². The summed E-state index contributed by atoms with van der Waals surface area (Å²) in [6.45, 7) is 9.02. The highest BCUT2D eigenvalue weighted by Gasteiger charge is 2.34. The summed E-state index contributed by atoms with van der Waals surface area (Å²) in [5.74, 6) is -2.20. The van der Waals surface area contributed by atoms with E-state index < -0.39 is 42.0 Å². The Morgan fingerprint density at radius 1 is 0.969 bits per heavy atom. The standard InChI is InChI=1S/C24H35N3O5/c1-6-15(4)21-24(31)32-19(14(2)3)13-20(28)26-18(12-17-10-8-7-9-11-17)23(30)25-16(5)22(29)27-21/h7-11,14-16,18-19,21H,6,12-13H2,1-5H3,(H,25,30)(H,26,28)(H,27,29)/t15-,16+,18+,19-,21+/m1/s1. The Labute approximate surface area is 189 Å². The van der Waals surface area contributed by atoms with Gasteiger partial charge in [-0.3, -0.25) is 14.4 Å². The van der Waals surface area contributed by atoms with Crippen molar-refractivity contribution < 1.29 is 23.9 Å². The average molecular weight is 446 g/mol. The van der Waals surface area contributed by atoms with E-state index in [2.05, 4.69) is 16.0 Å². The third kappa shape index (κ3) is 7.07. The Hall–Kier alpha value is -2.90. The number of rotatable bonds is 5. The fourth-order valence-corrected chi connectivity index (χ4v) is 3.46. The van der Waals surface area contributed by atoms with E-state index in [1.54, 1.807) is 6.92 Å². The molecular formula is C24H35N3O5. The van der Waals surface area contributed by atoms with E-state index in [1.165, 1.54) is 0 Å². The highest BCUT2D eigenvalue weighted by atomic mass is 16.5. The van der Waals surface area contributed by atoms with Gasteiger partial charge in [-0.15, -0.1) is 0 Å². The Bertz CT molecular complexity index is 811. The van der Waals surface area contributed by atoms with Crippen LogP contribution in [0.15, 0.2) is 30.3 Å². The molecule has 0 aliphatic carbocycles. The molecule has 1 aliphatic heterocycles. The summed E-state index contributed by atoms with van der Waals surface area (Å²) in [6, 6.07) is 6.69. The Morgan fingerprint density at radius 2 is 1.62 bits per heavy atom. The molecule has 0 saturated carbocycles. The molecule has 176 valence electrons. The van der Waals surface area contributed by atoms with Crippen molar-refractivity contribution in [2.24, 2.45) is 11.8 Å². The first-order valence-corrected chi connectivity index (χ1v) is 11.3. The highest BCUT2D eigenvalue weighted by Crippen LogP contribution is 2.17. The monoisotopic (exact) mass is 445 g/mol. The van der Waals surface area contributed by atoms with Crippen LogP contribution < -0.4 is 16.0 Å². The minimum Gasteiger partial charge on any atom is -0.460 e. The molecule has 1 aliphatic rings. The molecule has 2 rings (SSSR count). The van der Waals surface area contributed by atoms with Crippen LogP contribution in [-0.2, 0) is 30.3 Å². The molecule has 8 nitrogen and oxygen atoms in total. The molecule has 32 heavy (non-hydrogen) atoms. The number of esters is 1. The summed E-state index contributed by atoms with van der Waals surface area (Å²) < 4.78 is 5.68. The fraction of sp³-hybridized carbons (Fsp3) is 0.583. The Morgan fingerprint density at radius 3 is 2.22 bits per heavy atom. The van der Waals surface area contributed by atoms with E-state index >= 15 is 0 Å². The molecule has 5 atom stereocenters. The summed E-state index contributed by atoms with van der Waals surface area (Å²) in [4.78, 5) is 51.4. The van der Waals surface area contributed by atoms with Gasteiger partial charge >= 0.3 is 5.97 Å². The zero-order valence-electron chi connectivity index (χ0n) is 19.5. The van der Waals surface area contributed by atoms with Crippen LogP contribution in [0.3, 0.4) is 0 Å². The number of cyclic esters (lactones) is 1. The maximum Gasteiger partial charge on any atom is 0.329 e. The van der Waals surface area contributed by atoms with Gasteiger partial charge in [0, 0.05) is 6.42 Å². The van der Waals surface area contributed by atoms with Crippen molar-refractivity contribution in [3.63, 3.8) is 0 Å². The largest absolute Gasteiger partial charge is 0.460 e. The lowest BCUT2D eigenvalue weighted by molar-refractivity contribution is -0.158. The number of ether oxygens (including phenoxy) is 1. The van der Waals surface area contributed by atoms with Crippen molar-refractivity contribution in [2.45, 2.75) is 78.1 Å². The van der Waals surface area contributed by atoms with Crippen LogP contribution in [0.2, 0.25) is 0 Å². The molecule has 1 fully saturated rings. The second kappa shape index (κ2) is 11.6. The van der Waals surface area contributed by atoms with Crippen LogP contribution in [0, 0.1) is 11.8 Å². The minimum absolute atomic E-state index is 0.0707. The molecule has 0 spiro atoms. The molecule has 0 unspecified atom stereocenters. The molecule has 3 N–H and O–H groups in total. The molecule has 0 bridgehead atoms. The number of hydrogen-bond donors (Lipinski definition) is 3. The minimum atomic E-state index is -0.890. The molecular weight excluding hydrogens is 410 g/mol. The van der Waals surface area contributed by atoms with Gasteiger partial charge in [0.25, 0.3) is 0 Å². The fourth-order valence-electron chi connectivity index (χ4n) is 3.46. The lowest BCUT2D eigenvalue weighted by atomic mass is 9.98. The second-order valence-corrected chi connectivity index (χ2v) is 8.84. The van der Waals surface area contributed by atoms with E-state index in [9.17, 15) is 19.2 Å². The lowest BCUT2D eigenvalue weighted by Gasteiger charge is -2.27. The normalized spacial score (nSPS) is 26.6. The number of nitrogens with one attached hydrogen (secondary N) is 3. The number of carbonyl (C=O) groups excluding carboxylic acids is 4. The van der Waals surface area contributed by atoms with E-state index in [-0.39, 0.29) is 30.6 Å². The molecule has 0 radical (unpaired) electrons. The molecule has 1 saturated heterocycles. The molecule has 1 aromatic rings. The first-order chi connectivity index (χ1) is 15.1. The molecule has 3 amide bonds. The van der Waals surface area contributed by atoms with Crippen LogP contribution in [0.5, 0.6) is 0 Å². The summed E-state index contributed by atoms with van der Waals surface area (Å²) in [6.07, 6.45) is 0.171. The number of amides is 3.